The average Bonchev–Trinajstić information content (AvgIpc) is 3.00. The smallest absolute Gasteiger partial charge is 0.255 e. The molecule has 1 aromatic heterocycles. The molecule has 1 atom stereocenters. The number of thiophene rings is 1. The lowest BCUT2D eigenvalue weighted by Crippen LogP contribution is -2.38. The second-order valence-corrected chi connectivity index (χ2v) is 6.39. The van der Waals surface area contributed by atoms with Gasteiger partial charge in [0.1, 0.15) is 11.4 Å². The quantitative estimate of drug-likeness (QED) is 0.847. The van der Waals surface area contributed by atoms with E-state index < -0.39 is 5.60 Å². The summed E-state index contributed by atoms with van der Waals surface area (Å²) in [5, 5.41) is 15.6. The number of rotatable bonds is 6. The first-order valence-corrected chi connectivity index (χ1v) is 8.16. The fraction of sp³-hybridized carbons (Fsp3) is 0.312. The van der Waals surface area contributed by atoms with E-state index in [0.29, 0.717) is 22.9 Å². The zero-order valence-corrected chi connectivity index (χ0v) is 14.0. The molecule has 0 saturated carbocycles. The van der Waals surface area contributed by atoms with Crippen LogP contribution in [0.15, 0.2) is 35.7 Å². The van der Waals surface area contributed by atoms with Crippen LogP contribution in [-0.2, 0) is 5.60 Å². The third-order valence-corrected chi connectivity index (χ3v) is 4.49. The predicted molar refractivity (Wildman–Crippen MR) is 88.8 cm³/mol. The van der Waals surface area contributed by atoms with E-state index in [0.717, 1.165) is 4.88 Å². The van der Waals surface area contributed by atoms with Crippen molar-refractivity contribution in [3.8, 4) is 5.75 Å². The Bertz CT molecular complexity index is 641. The third-order valence-electron chi connectivity index (χ3n) is 3.13. The second-order valence-electron chi connectivity index (χ2n) is 5.01. The summed E-state index contributed by atoms with van der Waals surface area (Å²) in [7, 11) is 0. The van der Waals surface area contributed by atoms with Gasteiger partial charge in [0.05, 0.1) is 18.7 Å². The first kappa shape index (κ1) is 16.8. The molecule has 0 aliphatic heterocycles. The molecule has 0 bridgehead atoms. The van der Waals surface area contributed by atoms with Crippen LogP contribution < -0.4 is 10.1 Å². The molecular formula is C16H18ClNO3S. The monoisotopic (exact) mass is 339 g/mol. The summed E-state index contributed by atoms with van der Waals surface area (Å²) in [5.74, 6) is 0.125. The fourth-order valence-corrected chi connectivity index (χ4v) is 2.93. The standard InChI is InChI=1S/C16H18ClNO3S/c1-3-21-13-9-11(17)6-7-12(13)15(19)18-10-16(2,20)14-5-4-8-22-14/h4-9,20H,3,10H2,1-2H3,(H,18,19). The Kier molecular flexibility index (Phi) is 5.45. The largest absolute Gasteiger partial charge is 0.493 e. The minimum atomic E-state index is -1.11. The lowest BCUT2D eigenvalue weighted by atomic mass is 10.0. The van der Waals surface area contributed by atoms with E-state index in [1.54, 1.807) is 25.1 Å². The van der Waals surface area contributed by atoms with Gasteiger partial charge in [0.2, 0.25) is 0 Å². The zero-order chi connectivity index (χ0) is 16.2. The van der Waals surface area contributed by atoms with Crippen LogP contribution in [0, 0.1) is 0 Å². The minimum Gasteiger partial charge on any atom is -0.493 e. The molecule has 0 saturated heterocycles. The molecule has 2 aromatic rings. The van der Waals surface area contributed by atoms with E-state index in [1.165, 1.54) is 11.3 Å². The number of carbonyl (C=O) groups is 1. The van der Waals surface area contributed by atoms with Crippen molar-refractivity contribution in [2.45, 2.75) is 19.4 Å². The van der Waals surface area contributed by atoms with Crippen molar-refractivity contribution >= 4 is 28.8 Å². The minimum absolute atomic E-state index is 0.112. The Morgan fingerprint density at radius 2 is 2.23 bits per heavy atom. The molecule has 118 valence electrons. The maximum Gasteiger partial charge on any atom is 0.255 e. The molecule has 1 aromatic carbocycles. The summed E-state index contributed by atoms with van der Waals surface area (Å²) in [5.41, 5.74) is -0.713. The molecule has 2 rings (SSSR count). The molecule has 6 heteroatoms. The van der Waals surface area contributed by atoms with E-state index >= 15 is 0 Å². The number of benzene rings is 1. The third kappa shape index (κ3) is 4.00. The van der Waals surface area contributed by atoms with Crippen LogP contribution in [0.1, 0.15) is 29.1 Å². The SMILES string of the molecule is CCOc1cc(Cl)ccc1C(=O)NCC(C)(O)c1cccs1. The normalized spacial score (nSPS) is 13.5. The summed E-state index contributed by atoms with van der Waals surface area (Å²) in [6, 6.07) is 8.56. The average molecular weight is 340 g/mol. The highest BCUT2D eigenvalue weighted by molar-refractivity contribution is 7.10. The number of hydrogen-bond acceptors (Lipinski definition) is 4. The van der Waals surface area contributed by atoms with E-state index in [1.807, 2.05) is 24.4 Å². The Balaban J connectivity index is 2.10. The predicted octanol–water partition coefficient (Wildman–Crippen LogP) is 3.44. The second kappa shape index (κ2) is 7.13. The Morgan fingerprint density at radius 3 is 2.86 bits per heavy atom. The van der Waals surface area contributed by atoms with E-state index in [2.05, 4.69) is 5.32 Å². The van der Waals surface area contributed by atoms with Gasteiger partial charge in [-0.15, -0.1) is 11.3 Å². The van der Waals surface area contributed by atoms with Crippen molar-refractivity contribution in [2.75, 3.05) is 13.2 Å². The van der Waals surface area contributed by atoms with Crippen LogP contribution in [-0.4, -0.2) is 24.2 Å². The molecule has 1 amide bonds. The number of aliphatic hydroxyl groups is 1. The molecule has 0 radical (unpaired) electrons. The summed E-state index contributed by atoms with van der Waals surface area (Å²) >= 11 is 7.37. The molecule has 2 N–H and O–H groups in total. The highest BCUT2D eigenvalue weighted by Gasteiger charge is 2.25. The number of nitrogens with one attached hydrogen (secondary N) is 1. The van der Waals surface area contributed by atoms with Crippen LogP contribution in [0.4, 0.5) is 0 Å². The maximum atomic E-state index is 12.3. The van der Waals surface area contributed by atoms with Crippen molar-refractivity contribution < 1.29 is 14.6 Å². The molecule has 4 nitrogen and oxygen atoms in total. The number of hydrogen-bond donors (Lipinski definition) is 2. The van der Waals surface area contributed by atoms with Crippen molar-refractivity contribution in [1.82, 2.24) is 5.32 Å². The van der Waals surface area contributed by atoms with Gasteiger partial charge in [-0.1, -0.05) is 17.7 Å². The van der Waals surface area contributed by atoms with Crippen LogP contribution in [0.2, 0.25) is 5.02 Å². The number of carbonyl (C=O) groups excluding carboxylic acids is 1. The Hall–Kier alpha value is -1.56. The number of amides is 1. The molecule has 0 aliphatic carbocycles. The maximum absolute atomic E-state index is 12.3. The van der Waals surface area contributed by atoms with Crippen LogP contribution in [0.25, 0.3) is 0 Å². The van der Waals surface area contributed by atoms with Gasteiger partial charge in [0.15, 0.2) is 0 Å². The number of halogens is 1. The summed E-state index contributed by atoms with van der Waals surface area (Å²) in [6.45, 7) is 4.06. The molecule has 0 spiro atoms. The van der Waals surface area contributed by atoms with Gasteiger partial charge in [-0.25, -0.2) is 0 Å². The van der Waals surface area contributed by atoms with Crippen LogP contribution in [0.5, 0.6) is 5.75 Å². The summed E-state index contributed by atoms with van der Waals surface area (Å²) in [6.07, 6.45) is 0. The van der Waals surface area contributed by atoms with Gasteiger partial charge in [0, 0.05) is 9.90 Å². The zero-order valence-electron chi connectivity index (χ0n) is 12.4. The van der Waals surface area contributed by atoms with E-state index in [4.69, 9.17) is 16.3 Å². The topological polar surface area (TPSA) is 58.6 Å². The Morgan fingerprint density at radius 1 is 1.45 bits per heavy atom. The van der Waals surface area contributed by atoms with Crippen molar-refractivity contribution in [1.29, 1.82) is 0 Å². The highest BCUT2D eigenvalue weighted by Crippen LogP contribution is 2.26. The molecular weight excluding hydrogens is 322 g/mol. The number of ether oxygens (including phenoxy) is 1. The molecule has 0 fully saturated rings. The van der Waals surface area contributed by atoms with Gasteiger partial charge in [-0.2, -0.15) is 0 Å². The van der Waals surface area contributed by atoms with Gasteiger partial charge < -0.3 is 15.2 Å². The van der Waals surface area contributed by atoms with Gasteiger partial charge in [-0.3, -0.25) is 4.79 Å². The highest BCUT2D eigenvalue weighted by atomic mass is 35.5. The lowest BCUT2D eigenvalue weighted by Gasteiger charge is -2.22. The van der Waals surface area contributed by atoms with Crippen LogP contribution in [0.3, 0.4) is 0 Å². The van der Waals surface area contributed by atoms with Crippen molar-refractivity contribution in [2.24, 2.45) is 0 Å². The van der Waals surface area contributed by atoms with Crippen molar-refractivity contribution in [3.05, 3.63) is 51.2 Å². The van der Waals surface area contributed by atoms with Crippen molar-refractivity contribution in [3.63, 3.8) is 0 Å². The van der Waals surface area contributed by atoms with Gasteiger partial charge >= 0.3 is 0 Å². The summed E-state index contributed by atoms with van der Waals surface area (Å²) < 4.78 is 5.44. The van der Waals surface area contributed by atoms with Crippen LogP contribution >= 0.6 is 22.9 Å². The Labute approximate surface area is 138 Å². The molecule has 1 heterocycles. The fourth-order valence-electron chi connectivity index (χ4n) is 1.98. The molecule has 1 unspecified atom stereocenters. The van der Waals surface area contributed by atoms with E-state index in [-0.39, 0.29) is 12.5 Å². The van der Waals surface area contributed by atoms with Gasteiger partial charge in [-0.05, 0) is 43.5 Å². The van der Waals surface area contributed by atoms with Gasteiger partial charge in [0.25, 0.3) is 5.91 Å². The first-order valence-electron chi connectivity index (χ1n) is 6.91. The molecule has 22 heavy (non-hydrogen) atoms. The summed E-state index contributed by atoms with van der Waals surface area (Å²) in [4.78, 5) is 13.1. The lowest BCUT2D eigenvalue weighted by molar-refractivity contribution is 0.0555. The first-order chi connectivity index (χ1) is 10.4. The molecule has 0 aliphatic rings. The van der Waals surface area contributed by atoms with E-state index in [9.17, 15) is 9.90 Å².